The van der Waals surface area contributed by atoms with Gasteiger partial charge < -0.3 is 4.42 Å². The van der Waals surface area contributed by atoms with E-state index < -0.39 is 0 Å². The van der Waals surface area contributed by atoms with Gasteiger partial charge in [-0.3, -0.25) is 9.59 Å². The Bertz CT molecular complexity index is 602. The van der Waals surface area contributed by atoms with Crippen molar-refractivity contribution in [2.45, 2.75) is 59.8 Å². The normalized spacial score (nSPS) is 40.7. The first-order valence-corrected chi connectivity index (χ1v) is 8.84. The maximum Gasteiger partial charge on any atom is 0.166 e. The zero-order valence-electron chi connectivity index (χ0n) is 14.7. The lowest BCUT2D eigenvalue weighted by atomic mass is 9.44. The Balaban J connectivity index is 1.93. The average Bonchev–Trinajstić information content (AvgIpc) is 3.01. The van der Waals surface area contributed by atoms with Crippen molar-refractivity contribution in [3.8, 4) is 0 Å². The van der Waals surface area contributed by atoms with Crippen molar-refractivity contribution in [2.24, 2.45) is 28.6 Å². The molecule has 2 fully saturated rings. The lowest BCUT2D eigenvalue weighted by Gasteiger charge is -2.59. The van der Waals surface area contributed by atoms with Crippen molar-refractivity contribution >= 4 is 11.6 Å². The van der Waals surface area contributed by atoms with Crippen LogP contribution < -0.4 is 0 Å². The molecule has 126 valence electrons. The van der Waals surface area contributed by atoms with E-state index in [4.69, 9.17) is 4.42 Å². The number of fused-ring (bicyclic) bond motifs is 1. The van der Waals surface area contributed by atoms with Gasteiger partial charge in [0.05, 0.1) is 11.8 Å². The van der Waals surface area contributed by atoms with Crippen LogP contribution in [0, 0.1) is 28.6 Å². The molecule has 2 aliphatic carbocycles. The Kier molecular flexibility index (Phi) is 4.02. The van der Waals surface area contributed by atoms with Crippen LogP contribution in [-0.4, -0.2) is 11.6 Å². The minimum absolute atomic E-state index is 0.119. The van der Waals surface area contributed by atoms with Crippen molar-refractivity contribution in [3.63, 3.8) is 0 Å². The van der Waals surface area contributed by atoms with Gasteiger partial charge in [0.15, 0.2) is 5.78 Å². The van der Waals surface area contributed by atoms with Gasteiger partial charge in [-0.05, 0) is 47.5 Å². The molecular weight excluding hydrogens is 288 g/mol. The van der Waals surface area contributed by atoms with E-state index in [-0.39, 0.29) is 16.6 Å². The Morgan fingerprint density at radius 3 is 2.65 bits per heavy atom. The van der Waals surface area contributed by atoms with Crippen LogP contribution in [0.5, 0.6) is 0 Å². The number of furan rings is 1. The van der Waals surface area contributed by atoms with Crippen LogP contribution in [0.3, 0.4) is 0 Å². The molecule has 1 aromatic heterocycles. The van der Waals surface area contributed by atoms with Gasteiger partial charge in [0.2, 0.25) is 0 Å². The summed E-state index contributed by atoms with van der Waals surface area (Å²) in [5, 5.41) is 0. The summed E-state index contributed by atoms with van der Waals surface area (Å²) in [6.07, 6.45) is 7.24. The molecule has 5 atom stereocenters. The molecule has 1 heterocycles. The van der Waals surface area contributed by atoms with Gasteiger partial charge >= 0.3 is 0 Å². The Morgan fingerprint density at radius 1 is 1.26 bits per heavy atom. The predicted molar refractivity (Wildman–Crippen MR) is 89.2 cm³/mol. The molecule has 0 radical (unpaired) electrons. The molecule has 3 heteroatoms. The molecule has 23 heavy (non-hydrogen) atoms. The number of rotatable bonds is 3. The summed E-state index contributed by atoms with van der Waals surface area (Å²) >= 11 is 0. The Labute approximate surface area is 138 Å². The molecule has 3 nitrogen and oxygen atoms in total. The van der Waals surface area contributed by atoms with Gasteiger partial charge in [0.25, 0.3) is 0 Å². The van der Waals surface area contributed by atoms with Crippen LogP contribution in [-0.2, 0) is 4.79 Å². The summed E-state index contributed by atoms with van der Waals surface area (Å²) in [5.41, 5.74) is 0.707. The second-order valence-electron chi connectivity index (χ2n) is 8.46. The number of ketones is 2. The quantitative estimate of drug-likeness (QED) is 0.744. The first kappa shape index (κ1) is 16.5. The third kappa shape index (κ3) is 2.58. The zero-order chi connectivity index (χ0) is 16.8. The molecule has 0 amide bonds. The standard InChI is InChI=1S/C20H28O3/c1-13-5-7-19(3)14(2)9-16(21)10-18(19)20(13,4)11-17(22)15-6-8-23-12-15/h6,8,12-14,18H,5,7,9-11H2,1-4H3. The van der Waals surface area contributed by atoms with Crippen LogP contribution in [0.1, 0.15) is 70.2 Å². The van der Waals surface area contributed by atoms with E-state index in [0.29, 0.717) is 48.4 Å². The molecule has 0 bridgehead atoms. The van der Waals surface area contributed by atoms with Gasteiger partial charge in [-0.1, -0.05) is 27.7 Å². The molecule has 5 unspecified atom stereocenters. The summed E-state index contributed by atoms with van der Waals surface area (Å²) in [5.74, 6) is 1.67. The first-order chi connectivity index (χ1) is 10.8. The van der Waals surface area contributed by atoms with E-state index in [9.17, 15) is 9.59 Å². The summed E-state index contributed by atoms with van der Waals surface area (Å²) in [6, 6.07) is 1.74. The monoisotopic (exact) mass is 316 g/mol. The van der Waals surface area contributed by atoms with Crippen LogP contribution in [0.15, 0.2) is 23.0 Å². The van der Waals surface area contributed by atoms with Crippen LogP contribution in [0.4, 0.5) is 0 Å². The van der Waals surface area contributed by atoms with Crippen molar-refractivity contribution in [1.29, 1.82) is 0 Å². The van der Waals surface area contributed by atoms with Gasteiger partial charge in [-0.25, -0.2) is 0 Å². The average molecular weight is 316 g/mol. The smallest absolute Gasteiger partial charge is 0.166 e. The number of carbonyl (C=O) groups excluding carboxylic acids is 2. The highest BCUT2D eigenvalue weighted by Gasteiger charge is 2.57. The topological polar surface area (TPSA) is 47.3 Å². The molecular formula is C20H28O3. The summed E-state index contributed by atoms with van der Waals surface area (Å²) < 4.78 is 5.07. The lowest BCUT2D eigenvalue weighted by molar-refractivity contribution is -0.144. The third-order valence-electron chi connectivity index (χ3n) is 7.31. The third-order valence-corrected chi connectivity index (χ3v) is 7.31. The maximum absolute atomic E-state index is 12.7. The van der Waals surface area contributed by atoms with Gasteiger partial charge in [0.1, 0.15) is 12.0 Å². The lowest BCUT2D eigenvalue weighted by Crippen LogP contribution is -2.54. The van der Waals surface area contributed by atoms with Gasteiger partial charge in [-0.2, -0.15) is 0 Å². The highest BCUT2D eigenvalue weighted by Crippen LogP contribution is 2.62. The highest BCUT2D eigenvalue weighted by atomic mass is 16.3. The van der Waals surface area contributed by atoms with E-state index in [0.717, 1.165) is 6.42 Å². The Hall–Kier alpha value is -1.38. The van der Waals surface area contributed by atoms with E-state index in [2.05, 4.69) is 27.7 Å². The second-order valence-corrected chi connectivity index (χ2v) is 8.46. The highest BCUT2D eigenvalue weighted by molar-refractivity contribution is 5.96. The minimum Gasteiger partial charge on any atom is -0.472 e. The van der Waals surface area contributed by atoms with Crippen LogP contribution >= 0.6 is 0 Å². The van der Waals surface area contributed by atoms with Crippen molar-refractivity contribution < 1.29 is 14.0 Å². The van der Waals surface area contributed by atoms with Gasteiger partial charge in [0, 0.05) is 19.3 Å². The summed E-state index contributed by atoms with van der Waals surface area (Å²) in [4.78, 5) is 25.0. The van der Waals surface area contributed by atoms with E-state index in [1.807, 2.05) is 0 Å². The van der Waals surface area contributed by atoms with Gasteiger partial charge in [-0.15, -0.1) is 0 Å². The fourth-order valence-electron chi connectivity index (χ4n) is 5.24. The number of hydrogen-bond donors (Lipinski definition) is 0. The molecule has 0 saturated heterocycles. The van der Waals surface area contributed by atoms with Crippen LogP contribution in [0.25, 0.3) is 0 Å². The number of Topliss-reactive ketones (excluding diaryl/α,β-unsaturated/α-hetero) is 2. The predicted octanol–water partition coefficient (Wildman–Crippen LogP) is 4.91. The van der Waals surface area contributed by atoms with E-state index in [1.54, 1.807) is 12.3 Å². The zero-order valence-corrected chi connectivity index (χ0v) is 14.7. The largest absolute Gasteiger partial charge is 0.472 e. The summed E-state index contributed by atoms with van der Waals surface area (Å²) in [6.45, 7) is 9.06. The number of carbonyl (C=O) groups is 2. The van der Waals surface area contributed by atoms with E-state index in [1.165, 1.54) is 12.7 Å². The van der Waals surface area contributed by atoms with Crippen molar-refractivity contribution in [1.82, 2.24) is 0 Å². The first-order valence-electron chi connectivity index (χ1n) is 8.84. The van der Waals surface area contributed by atoms with E-state index >= 15 is 0 Å². The Morgan fingerprint density at radius 2 is 2.00 bits per heavy atom. The molecule has 1 aromatic rings. The molecule has 2 saturated carbocycles. The maximum atomic E-state index is 12.7. The minimum atomic E-state index is -0.119. The SMILES string of the molecule is CC1CC(=O)CC2C1(C)CCC(C)C2(C)CC(=O)c1ccoc1. The second kappa shape index (κ2) is 5.61. The van der Waals surface area contributed by atoms with Crippen molar-refractivity contribution in [2.75, 3.05) is 0 Å². The fourth-order valence-corrected chi connectivity index (χ4v) is 5.24. The number of hydrogen-bond acceptors (Lipinski definition) is 3. The molecule has 2 aliphatic rings. The molecule has 0 aromatic carbocycles. The molecule has 0 N–H and O–H groups in total. The fraction of sp³-hybridized carbons (Fsp3) is 0.700. The molecule has 0 aliphatic heterocycles. The van der Waals surface area contributed by atoms with Crippen LogP contribution in [0.2, 0.25) is 0 Å². The summed E-state index contributed by atoms with van der Waals surface area (Å²) in [7, 11) is 0. The molecule has 3 rings (SSSR count). The molecule has 0 spiro atoms. The van der Waals surface area contributed by atoms with Crippen molar-refractivity contribution in [3.05, 3.63) is 24.2 Å².